The van der Waals surface area contributed by atoms with Gasteiger partial charge in [0.25, 0.3) is 0 Å². The summed E-state index contributed by atoms with van der Waals surface area (Å²) in [5.41, 5.74) is 5.09. The van der Waals surface area contributed by atoms with Gasteiger partial charge in [-0.3, -0.25) is 0 Å². The molecule has 0 heterocycles. The van der Waals surface area contributed by atoms with Gasteiger partial charge in [-0.05, 0) is 42.7 Å². The summed E-state index contributed by atoms with van der Waals surface area (Å²) in [6, 6.07) is 14.4. The van der Waals surface area contributed by atoms with Gasteiger partial charge in [0.05, 0.1) is 7.11 Å². The monoisotopic (exact) mass is 241 g/mol. The van der Waals surface area contributed by atoms with E-state index in [1.165, 1.54) is 16.7 Å². The van der Waals surface area contributed by atoms with Gasteiger partial charge < -0.3 is 10.1 Å². The third kappa shape index (κ3) is 2.83. The maximum absolute atomic E-state index is 5.21. The summed E-state index contributed by atoms with van der Waals surface area (Å²) in [4.78, 5) is 0. The molecule has 0 saturated carbocycles. The quantitative estimate of drug-likeness (QED) is 0.875. The van der Waals surface area contributed by atoms with E-state index < -0.39 is 0 Å². The molecule has 0 aliphatic rings. The molecular formula is C16H19NO. The highest BCUT2D eigenvalue weighted by molar-refractivity contribution is 5.49. The molecule has 18 heavy (non-hydrogen) atoms. The van der Waals surface area contributed by atoms with Gasteiger partial charge in [-0.25, -0.2) is 0 Å². The molecule has 0 spiro atoms. The van der Waals surface area contributed by atoms with E-state index >= 15 is 0 Å². The van der Waals surface area contributed by atoms with Gasteiger partial charge in [0.2, 0.25) is 0 Å². The number of hydrogen-bond donors (Lipinski definition) is 1. The number of anilines is 1. The van der Waals surface area contributed by atoms with Crippen molar-refractivity contribution in [3.63, 3.8) is 0 Å². The van der Waals surface area contributed by atoms with Crippen molar-refractivity contribution in [2.45, 2.75) is 20.4 Å². The van der Waals surface area contributed by atoms with Gasteiger partial charge in [0.1, 0.15) is 5.75 Å². The summed E-state index contributed by atoms with van der Waals surface area (Å²) >= 11 is 0. The predicted octanol–water partition coefficient (Wildman–Crippen LogP) is 3.92. The van der Waals surface area contributed by atoms with E-state index in [9.17, 15) is 0 Å². The third-order valence-corrected chi connectivity index (χ3v) is 3.18. The van der Waals surface area contributed by atoms with Crippen LogP contribution in [0.1, 0.15) is 16.7 Å². The van der Waals surface area contributed by atoms with Gasteiger partial charge >= 0.3 is 0 Å². The van der Waals surface area contributed by atoms with Crippen LogP contribution in [0.2, 0.25) is 0 Å². The Labute approximate surface area is 109 Å². The minimum atomic E-state index is 0.839. The fraction of sp³-hybridized carbons (Fsp3) is 0.250. The van der Waals surface area contributed by atoms with Crippen molar-refractivity contribution in [2.75, 3.05) is 12.4 Å². The number of nitrogens with one attached hydrogen (secondary N) is 1. The molecule has 0 bridgehead atoms. The maximum Gasteiger partial charge on any atom is 0.120 e. The number of methoxy groups -OCH3 is 1. The van der Waals surface area contributed by atoms with Crippen LogP contribution in [0.4, 0.5) is 5.69 Å². The molecule has 94 valence electrons. The molecule has 2 aromatic carbocycles. The fourth-order valence-corrected chi connectivity index (χ4v) is 2.05. The van der Waals surface area contributed by atoms with Crippen LogP contribution in [0.3, 0.4) is 0 Å². The molecule has 0 fully saturated rings. The Morgan fingerprint density at radius 1 is 1.00 bits per heavy atom. The highest BCUT2D eigenvalue weighted by Crippen LogP contribution is 2.19. The Balaban J connectivity index is 2.11. The molecule has 0 radical (unpaired) electrons. The molecule has 2 aromatic rings. The molecule has 0 unspecified atom stereocenters. The van der Waals surface area contributed by atoms with Crippen molar-refractivity contribution in [3.05, 3.63) is 59.2 Å². The third-order valence-electron chi connectivity index (χ3n) is 3.18. The van der Waals surface area contributed by atoms with Crippen molar-refractivity contribution in [1.82, 2.24) is 0 Å². The zero-order valence-corrected chi connectivity index (χ0v) is 11.2. The fourth-order valence-electron chi connectivity index (χ4n) is 2.05. The summed E-state index contributed by atoms with van der Waals surface area (Å²) < 4.78 is 5.21. The van der Waals surface area contributed by atoms with Gasteiger partial charge in [0.15, 0.2) is 0 Å². The van der Waals surface area contributed by atoms with E-state index in [2.05, 4.69) is 43.4 Å². The molecular weight excluding hydrogens is 222 g/mol. The molecule has 2 nitrogen and oxygen atoms in total. The highest BCUT2D eigenvalue weighted by atomic mass is 16.5. The van der Waals surface area contributed by atoms with Crippen LogP contribution in [0.5, 0.6) is 5.75 Å². The standard InChI is InChI=1S/C16H19NO/c1-12-6-4-7-13(2)16(12)11-17-14-8-5-9-15(10-14)18-3/h4-10,17H,11H2,1-3H3. The summed E-state index contributed by atoms with van der Waals surface area (Å²) in [5.74, 6) is 0.876. The van der Waals surface area contributed by atoms with Crippen LogP contribution >= 0.6 is 0 Å². The van der Waals surface area contributed by atoms with Crippen molar-refractivity contribution < 1.29 is 4.74 Å². The average Bonchev–Trinajstić information content (AvgIpc) is 2.38. The average molecular weight is 241 g/mol. The molecule has 0 atom stereocenters. The van der Waals surface area contributed by atoms with Gasteiger partial charge in [-0.1, -0.05) is 24.3 Å². The topological polar surface area (TPSA) is 21.3 Å². The first-order chi connectivity index (χ1) is 8.70. The zero-order chi connectivity index (χ0) is 13.0. The Kier molecular flexibility index (Phi) is 3.88. The lowest BCUT2D eigenvalue weighted by molar-refractivity contribution is 0.415. The smallest absolute Gasteiger partial charge is 0.120 e. The van der Waals surface area contributed by atoms with E-state index in [0.29, 0.717) is 0 Å². The van der Waals surface area contributed by atoms with E-state index in [-0.39, 0.29) is 0 Å². The lowest BCUT2D eigenvalue weighted by Crippen LogP contribution is -2.03. The lowest BCUT2D eigenvalue weighted by Gasteiger charge is -2.12. The molecule has 0 amide bonds. The largest absolute Gasteiger partial charge is 0.497 e. The summed E-state index contributed by atoms with van der Waals surface area (Å²) in [7, 11) is 1.69. The molecule has 0 aliphatic carbocycles. The number of ether oxygens (including phenoxy) is 1. The van der Waals surface area contributed by atoms with Gasteiger partial charge in [-0.2, -0.15) is 0 Å². The Morgan fingerprint density at radius 2 is 1.67 bits per heavy atom. The first-order valence-electron chi connectivity index (χ1n) is 6.13. The van der Waals surface area contributed by atoms with Crippen molar-refractivity contribution >= 4 is 5.69 Å². The molecule has 0 aliphatic heterocycles. The maximum atomic E-state index is 5.21. The molecule has 0 saturated heterocycles. The number of aryl methyl sites for hydroxylation is 2. The molecule has 0 aromatic heterocycles. The van der Waals surface area contributed by atoms with Crippen molar-refractivity contribution in [2.24, 2.45) is 0 Å². The normalized spacial score (nSPS) is 10.2. The van der Waals surface area contributed by atoms with E-state index in [1.54, 1.807) is 7.11 Å². The minimum absolute atomic E-state index is 0.839. The first kappa shape index (κ1) is 12.5. The molecule has 1 N–H and O–H groups in total. The Morgan fingerprint density at radius 3 is 2.33 bits per heavy atom. The number of benzene rings is 2. The van der Waals surface area contributed by atoms with Crippen molar-refractivity contribution in [3.8, 4) is 5.75 Å². The van der Waals surface area contributed by atoms with Crippen LogP contribution in [-0.4, -0.2) is 7.11 Å². The summed E-state index contributed by atoms with van der Waals surface area (Å²) in [6.45, 7) is 5.14. The Hall–Kier alpha value is -1.96. The lowest BCUT2D eigenvalue weighted by atomic mass is 10.0. The zero-order valence-electron chi connectivity index (χ0n) is 11.2. The van der Waals surface area contributed by atoms with Crippen LogP contribution < -0.4 is 10.1 Å². The van der Waals surface area contributed by atoms with Crippen LogP contribution in [0.25, 0.3) is 0 Å². The second-order valence-electron chi connectivity index (χ2n) is 4.46. The van der Waals surface area contributed by atoms with Gasteiger partial charge in [-0.15, -0.1) is 0 Å². The predicted molar refractivity (Wildman–Crippen MR) is 76.2 cm³/mol. The second kappa shape index (κ2) is 5.58. The van der Waals surface area contributed by atoms with Crippen LogP contribution in [0.15, 0.2) is 42.5 Å². The van der Waals surface area contributed by atoms with Crippen LogP contribution in [0, 0.1) is 13.8 Å². The number of rotatable bonds is 4. The summed E-state index contributed by atoms with van der Waals surface area (Å²) in [6.07, 6.45) is 0. The molecule has 2 rings (SSSR count). The Bertz CT molecular complexity index is 514. The summed E-state index contributed by atoms with van der Waals surface area (Å²) in [5, 5.41) is 3.44. The van der Waals surface area contributed by atoms with Crippen LogP contribution in [-0.2, 0) is 6.54 Å². The highest BCUT2D eigenvalue weighted by Gasteiger charge is 2.02. The first-order valence-corrected chi connectivity index (χ1v) is 6.13. The van der Waals surface area contributed by atoms with E-state index in [0.717, 1.165) is 18.0 Å². The van der Waals surface area contributed by atoms with Gasteiger partial charge in [0, 0.05) is 18.3 Å². The second-order valence-corrected chi connectivity index (χ2v) is 4.46. The molecule has 2 heteroatoms. The van der Waals surface area contributed by atoms with E-state index in [1.807, 2.05) is 18.2 Å². The SMILES string of the molecule is COc1cccc(NCc2c(C)cccc2C)c1. The van der Waals surface area contributed by atoms with E-state index in [4.69, 9.17) is 4.74 Å². The van der Waals surface area contributed by atoms with Crippen molar-refractivity contribution in [1.29, 1.82) is 0 Å². The number of hydrogen-bond acceptors (Lipinski definition) is 2. The minimum Gasteiger partial charge on any atom is -0.497 e.